The Morgan fingerprint density at radius 3 is 2.85 bits per heavy atom. The van der Waals surface area contributed by atoms with E-state index in [2.05, 4.69) is 20.8 Å². The van der Waals surface area contributed by atoms with Gasteiger partial charge in [0.05, 0.1) is 17.5 Å². The van der Waals surface area contributed by atoms with E-state index < -0.39 is 0 Å². The van der Waals surface area contributed by atoms with E-state index in [1.165, 1.54) is 11.8 Å². The van der Waals surface area contributed by atoms with Gasteiger partial charge in [-0.05, 0) is 53.6 Å². The summed E-state index contributed by atoms with van der Waals surface area (Å²) in [5.41, 5.74) is 0.513. The van der Waals surface area contributed by atoms with Crippen LogP contribution in [0.4, 0.5) is 5.69 Å². The molecule has 1 aliphatic carbocycles. The first-order valence-electron chi connectivity index (χ1n) is 8.42. The van der Waals surface area contributed by atoms with Gasteiger partial charge in [0.2, 0.25) is 11.1 Å². The molecule has 0 atom stereocenters. The minimum Gasteiger partial charge on any atom is -0.455 e. The monoisotopic (exact) mass is 401 g/mol. The smallest absolute Gasteiger partial charge is 0.234 e. The molecule has 1 heterocycles. The number of amides is 1. The fourth-order valence-corrected chi connectivity index (χ4v) is 3.37. The Labute approximate surface area is 165 Å². The van der Waals surface area contributed by atoms with E-state index in [4.69, 9.17) is 16.3 Å². The molecule has 1 aliphatic rings. The zero-order valence-electron chi connectivity index (χ0n) is 14.2. The van der Waals surface area contributed by atoms with E-state index in [-0.39, 0.29) is 11.7 Å². The van der Waals surface area contributed by atoms with Gasteiger partial charge in [0, 0.05) is 5.02 Å². The van der Waals surface area contributed by atoms with Gasteiger partial charge in [-0.25, -0.2) is 4.68 Å². The molecule has 138 valence electrons. The summed E-state index contributed by atoms with van der Waals surface area (Å²) in [6.07, 6.45) is 2.15. The maximum Gasteiger partial charge on any atom is 0.234 e. The molecular formula is C18H16ClN5O2S. The number of carbonyl (C=O) groups excluding carboxylic acids is 1. The highest BCUT2D eigenvalue weighted by molar-refractivity contribution is 7.99. The number of anilines is 1. The lowest BCUT2D eigenvalue weighted by atomic mass is 10.3. The number of benzene rings is 2. The van der Waals surface area contributed by atoms with Crippen molar-refractivity contribution >= 4 is 35.0 Å². The van der Waals surface area contributed by atoms with Crippen molar-refractivity contribution in [3.63, 3.8) is 0 Å². The number of carbonyl (C=O) groups is 1. The van der Waals surface area contributed by atoms with Crippen LogP contribution in [0.5, 0.6) is 11.5 Å². The molecule has 2 aromatic carbocycles. The predicted molar refractivity (Wildman–Crippen MR) is 103 cm³/mol. The third-order valence-electron chi connectivity index (χ3n) is 3.87. The third-order valence-corrected chi connectivity index (χ3v) is 5.04. The van der Waals surface area contributed by atoms with Crippen molar-refractivity contribution in [2.24, 2.45) is 0 Å². The number of thioether (sulfide) groups is 1. The molecule has 4 rings (SSSR count). The molecule has 1 aromatic heterocycles. The molecule has 27 heavy (non-hydrogen) atoms. The summed E-state index contributed by atoms with van der Waals surface area (Å²) >= 11 is 7.39. The van der Waals surface area contributed by atoms with Crippen LogP contribution in [0.3, 0.4) is 0 Å². The number of hydrogen-bond acceptors (Lipinski definition) is 6. The average molecular weight is 402 g/mol. The highest BCUT2D eigenvalue weighted by Gasteiger charge is 2.28. The summed E-state index contributed by atoms with van der Waals surface area (Å²) in [7, 11) is 0. The van der Waals surface area contributed by atoms with Gasteiger partial charge in [0.1, 0.15) is 5.75 Å². The summed E-state index contributed by atoms with van der Waals surface area (Å²) in [4.78, 5) is 12.4. The number of nitrogens with zero attached hydrogens (tertiary/aromatic N) is 4. The molecule has 1 fully saturated rings. The Bertz CT molecular complexity index is 946. The van der Waals surface area contributed by atoms with Gasteiger partial charge >= 0.3 is 0 Å². The van der Waals surface area contributed by atoms with Crippen LogP contribution in [0.15, 0.2) is 53.7 Å². The molecule has 0 saturated heterocycles. The number of hydrogen-bond donors (Lipinski definition) is 1. The van der Waals surface area contributed by atoms with Gasteiger partial charge in [-0.1, -0.05) is 41.6 Å². The van der Waals surface area contributed by atoms with E-state index in [1.54, 1.807) is 22.9 Å². The van der Waals surface area contributed by atoms with Gasteiger partial charge in [-0.15, -0.1) is 5.10 Å². The van der Waals surface area contributed by atoms with Crippen molar-refractivity contribution in [1.29, 1.82) is 0 Å². The normalized spacial score (nSPS) is 13.4. The second-order valence-corrected chi connectivity index (χ2v) is 7.41. The summed E-state index contributed by atoms with van der Waals surface area (Å²) < 4.78 is 7.64. The number of tetrazole rings is 1. The quantitative estimate of drug-likeness (QED) is 0.598. The number of halogens is 1. The van der Waals surface area contributed by atoms with Crippen LogP contribution in [0.25, 0.3) is 0 Å². The Balaban J connectivity index is 1.42. The Morgan fingerprint density at radius 1 is 1.26 bits per heavy atom. The SMILES string of the molecule is O=C(CSc1nnnn1C1CC1)Nc1cc(Cl)ccc1Oc1ccccc1. The second-order valence-electron chi connectivity index (χ2n) is 6.03. The average Bonchev–Trinajstić information content (AvgIpc) is 3.41. The van der Waals surface area contributed by atoms with Gasteiger partial charge in [-0.2, -0.15) is 0 Å². The maximum absolute atomic E-state index is 12.4. The topological polar surface area (TPSA) is 81.9 Å². The Morgan fingerprint density at radius 2 is 2.07 bits per heavy atom. The van der Waals surface area contributed by atoms with Gasteiger partial charge in [-0.3, -0.25) is 4.79 Å². The molecule has 1 saturated carbocycles. The molecule has 0 radical (unpaired) electrons. The van der Waals surface area contributed by atoms with Gasteiger partial charge in [0.15, 0.2) is 5.75 Å². The molecule has 7 nitrogen and oxygen atoms in total. The fraction of sp³-hybridized carbons (Fsp3) is 0.222. The lowest BCUT2D eigenvalue weighted by Crippen LogP contribution is -2.15. The second kappa shape index (κ2) is 7.98. The molecule has 0 bridgehead atoms. The minimum atomic E-state index is -0.189. The minimum absolute atomic E-state index is 0.185. The van der Waals surface area contributed by atoms with Crippen molar-refractivity contribution in [3.05, 3.63) is 53.6 Å². The summed E-state index contributed by atoms with van der Waals surface area (Å²) in [5.74, 6) is 1.19. The number of para-hydroxylation sites is 1. The van der Waals surface area contributed by atoms with Crippen molar-refractivity contribution in [3.8, 4) is 11.5 Å². The van der Waals surface area contributed by atoms with Crippen LogP contribution < -0.4 is 10.1 Å². The highest BCUT2D eigenvalue weighted by Crippen LogP contribution is 2.36. The summed E-state index contributed by atoms with van der Waals surface area (Å²) in [6, 6.07) is 14.8. The van der Waals surface area contributed by atoms with Gasteiger partial charge in [0.25, 0.3) is 0 Å². The zero-order valence-corrected chi connectivity index (χ0v) is 15.8. The molecule has 0 spiro atoms. The Kier molecular flexibility index (Phi) is 5.26. The van der Waals surface area contributed by atoms with E-state index in [9.17, 15) is 4.79 Å². The van der Waals surface area contributed by atoms with Crippen LogP contribution >= 0.6 is 23.4 Å². The largest absolute Gasteiger partial charge is 0.455 e. The predicted octanol–water partition coefficient (Wildman–Crippen LogP) is 4.18. The number of rotatable bonds is 7. The Hall–Kier alpha value is -2.58. The third kappa shape index (κ3) is 4.58. The fourth-order valence-electron chi connectivity index (χ4n) is 2.45. The first-order chi connectivity index (χ1) is 13.2. The number of ether oxygens (including phenoxy) is 1. The summed E-state index contributed by atoms with van der Waals surface area (Å²) in [6.45, 7) is 0. The van der Waals surface area contributed by atoms with Gasteiger partial charge < -0.3 is 10.1 Å². The first-order valence-corrected chi connectivity index (χ1v) is 9.78. The lowest BCUT2D eigenvalue weighted by Gasteiger charge is -2.12. The van der Waals surface area contributed by atoms with E-state index >= 15 is 0 Å². The molecule has 1 N–H and O–H groups in total. The summed E-state index contributed by atoms with van der Waals surface area (Å²) in [5, 5.41) is 15.7. The number of aromatic nitrogens is 4. The van der Waals surface area contributed by atoms with Crippen molar-refractivity contribution in [2.45, 2.75) is 24.0 Å². The van der Waals surface area contributed by atoms with Crippen LogP contribution in [0, 0.1) is 0 Å². The maximum atomic E-state index is 12.4. The standard InChI is InChI=1S/C18H16ClN5O2S/c19-12-6-9-16(26-14-4-2-1-3-5-14)15(10-12)20-17(25)11-27-18-21-22-23-24(18)13-7-8-13/h1-6,9-10,13H,7-8,11H2,(H,20,25). The van der Waals surface area contributed by atoms with Crippen LogP contribution in [-0.4, -0.2) is 31.9 Å². The van der Waals surface area contributed by atoms with Crippen molar-refractivity contribution < 1.29 is 9.53 Å². The van der Waals surface area contributed by atoms with E-state index in [0.717, 1.165) is 12.8 Å². The first kappa shape index (κ1) is 17.8. The van der Waals surface area contributed by atoms with Crippen molar-refractivity contribution in [2.75, 3.05) is 11.1 Å². The molecular weight excluding hydrogens is 386 g/mol. The molecule has 0 aliphatic heterocycles. The van der Waals surface area contributed by atoms with Crippen molar-refractivity contribution in [1.82, 2.24) is 20.2 Å². The van der Waals surface area contributed by atoms with Crippen LogP contribution in [0.1, 0.15) is 18.9 Å². The molecule has 0 unspecified atom stereocenters. The highest BCUT2D eigenvalue weighted by atomic mass is 35.5. The van der Waals surface area contributed by atoms with Crippen LogP contribution in [-0.2, 0) is 4.79 Å². The number of nitrogens with one attached hydrogen (secondary N) is 1. The zero-order chi connectivity index (χ0) is 18.6. The van der Waals surface area contributed by atoms with E-state index in [0.29, 0.717) is 33.4 Å². The molecule has 1 amide bonds. The van der Waals surface area contributed by atoms with E-state index in [1.807, 2.05) is 30.3 Å². The lowest BCUT2D eigenvalue weighted by molar-refractivity contribution is -0.113. The van der Waals surface area contributed by atoms with Crippen LogP contribution in [0.2, 0.25) is 5.02 Å². The molecule has 3 aromatic rings. The molecule has 9 heteroatoms.